The van der Waals surface area contributed by atoms with E-state index < -0.39 is 0 Å². The summed E-state index contributed by atoms with van der Waals surface area (Å²) in [4.78, 5) is 14.9. The lowest BCUT2D eigenvalue weighted by molar-refractivity contribution is 0.669. The van der Waals surface area contributed by atoms with Gasteiger partial charge in [-0.25, -0.2) is 15.0 Å². The molecule has 0 aliphatic heterocycles. The van der Waals surface area contributed by atoms with Gasteiger partial charge in [-0.2, -0.15) is 0 Å². The van der Waals surface area contributed by atoms with E-state index in [4.69, 9.17) is 19.4 Å². The molecule has 4 heteroatoms. The van der Waals surface area contributed by atoms with Crippen molar-refractivity contribution in [2.24, 2.45) is 0 Å². The maximum atomic E-state index is 6.48. The number of hydrogen-bond donors (Lipinski definition) is 0. The molecule has 2 aromatic heterocycles. The maximum absolute atomic E-state index is 6.48. The Bertz CT molecular complexity index is 2480. The summed E-state index contributed by atoms with van der Waals surface area (Å²) in [6, 6.07) is 52.3. The third-order valence-corrected chi connectivity index (χ3v) is 8.48. The largest absolute Gasteiger partial charge is 0.456 e. The van der Waals surface area contributed by atoms with Gasteiger partial charge < -0.3 is 4.42 Å². The lowest BCUT2D eigenvalue weighted by Gasteiger charge is -2.09. The van der Waals surface area contributed by atoms with Crippen LogP contribution in [0.2, 0.25) is 0 Å². The first kappa shape index (κ1) is 25.4. The Morgan fingerprint density at radius 1 is 0.356 bits per heavy atom. The summed E-state index contributed by atoms with van der Waals surface area (Å²) in [5.41, 5.74) is 6.80. The van der Waals surface area contributed by atoms with Gasteiger partial charge in [0, 0.05) is 27.5 Å². The van der Waals surface area contributed by atoms with Gasteiger partial charge >= 0.3 is 0 Å². The normalized spacial score (nSPS) is 11.6. The molecule has 210 valence electrons. The monoisotopic (exact) mass is 575 g/mol. The quantitative estimate of drug-likeness (QED) is 0.209. The van der Waals surface area contributed by atoms with Gasteiger partial charge in [0.05, 0.1) is 0 Å². The molecule has 0 amide bonds. The molecule has 0 atom stereocenters. The number of fused-ring (bicyclic) bond motifs is 5. The van der Waals surface area contributed by atoms with Crippen molar-refractivity contribution in [1.82, 2.24) is 15.0 Å². The topological polar surface area (TPSA) is 51.8 Å². The van der Waals surface area contributed by atoms with Crippen LogP contribution in [0.3, 0.4) is 0 Å². The summed E-state index contributed by atoms with van der Waals surface area (Å²) in [5, 5.41) is 6.79. The molecule has 9 rings (SSSR count). The summed E-state index contributed by atoms with van der Waals surface area (Å²) in [7, 11) is 0. The van der Waals surface area contributed by atoms with Crippen LogP contribution in [0.15, 0.2) is 156 Å². The molecule has 0 bridgehead atoms. The molecule has 45 heavy (non-hydrogen) atoms. The van der Waals surface area contributed by atoms with Gasteiger partial charge in [-0.15, -0.1) is 0 Å². The molecule has 0 fully saturated rings. The van der Waals surface area contributed by atoms with Crippen molar-refractivity contribution in [3.63, 3.8) is 0 Å². The predicted octanol–water partition coefficient (Wildman–Crippen LogP) is 10.7. The molecule has 0 unspecified atom stereocenters. The Labute approximate surface area is 259 Å². The van der Waals surface area contributed by atoms with E-state index in [1.165, 1.54) is 21.9 Å². The van der Waals surface area contributed by atoms with E-state index in [1.807, 2.05) is 72.8 Å². The first-order valence-corrected chi connectivity index (χ1v) is 15.0. The van der Waals surface area contributed by atoms with Crippen molar-refractivity contribution >= 4 is 43.5 Å². The Balaban J connectivity index is 1.22. The van der Waals surface area contributed by atoms with Gasteiger partial charge in [-0.3, -0.25) is 0 Å². The van der Waals surface area contributed by atoms with Gasteiger partial charge in [0.1, 0.15) is 11.2 Å². The lowest BCUT2D eigenvalue weighted by atomic mass is 9.97. The zero-order valence-electron chi connectivity index (χ0n) is 24.2. The number of hydrogen-bond acceptors (Lipinski definition) is 4. The van der Waals surface area contributed by atoms with E-state index in [0.29, 0.717) is 17.5 Å². The molecule has 2 heterocycles. The van der Waals surface area contributed by atoms with Crippen molar-refractivity contribution in [3.05, 3.63) is 152 Å². The molecule has 0 aliphatic rings. The van der Waals surface area contributed by atoms with Gasteiger partial charge in [-0.1, -0.05) is 121 Å². The second kappa shape index (κ2) is 10.2. The summed E-state index contributed by atoms with van der Waals surface area (Å²) in [6.45, 7) is 0. The van der Waals surface area contributed by atoms with Gasteiger partial charge in [0.25, 0.3) is 0 Å². The Kier molecular flexibility index (Phi) is 5.78. The minimum atomic E-state index is 0.614. The number of furan rings is 1. The molecule has 0 saturated carbocycles. The van der Waals surface area contributed by atoms with Crippen molar-refractivity contribution in [3.8, 4) is 45.3 Å². The Hall–Kier alpha value is -6.13. The highest BCUT2D eigenvalue weighted by Gasteiger charge is 2.18. The first-order chi connectivity index (χ1) is 22.3. The smallest absolute Gasteiger partial charge is 0.164 e. The third kappa shape index (κ3) is 4.43. The molecular formula is C41H25N3O. The molecule has 0 aliphatic carbocycles. The SMILES string of the molecule is c1ccc(-c2nc(-c3ccccc3)nc(-c3cccc4oc5cc6cc(-c7ccc8ccccc8c7)ccc6cc5c34)n2)cc1. The van der Waals surface area contributed by atoms with Crippen molar-refractivity contribution in [2.45, 2.75) is 0 Å². The summed E-state index contributed by atoms with van der Waals surface area (Å²) in [5.74, 6) is 1.88. The summed E-state index contributed by atoms with van der Waals surface area (Å²) < 4.78 is 6.48. The fourth-order valence-corrected chi connectivity index (χ4v) is 6.23. The highest BCUT2D eigenvalue weighted by atomic mass is 16.3. The number of rotatable bonds is 4. The highest BCUT2D eigenvalue weighted by molar-refractivity contribution is 6.15. The number of nitrogens with zero attached hydrogens (tertiary/aromatic N) is 3. The zero-order chi connectivity index (χ0) is 29.7. The molecule has 4 nitrogen and oxygen atoms in total. The molecule has 0 spiro atoms. The van der Waals surface area contributed by atoms with Crippen LogP contribution in [0.5, 0.6) is 0 Å². The minimum Gasteiger partial charge on any atom is -0.456 e. The van der Waals surface area contributed by atoms with Crippen molar-refractivity contribution < 1.29 is 4.42 Å². The average molecular weight is 576 g/mol. The van der Waals surface area contributed by atoms with E-state index in [-0.39, 0.29) is 0 Å². The second-order valence-corrected chi connectivity index (χ2v) is 11.3. The molecule has 9 aromatic rings. The van der Waals surface area contributed by atoms with Crippen LogP contribution in [-0.2, 0) is 0 Å². The standard InChI is InChI=1S/C41H25N3O/c1-3-11-27(12-4-1)39-42-40(28-13-5-2-6-14-28)44-41(43-39)34-16-9-17-36-38(34)35-24-32-21-20-31(23-33(32)25-37(35)45-36)30-19-18-26-10-7-8-15-29(26)22-30/h1-25H. The second-order valence-electron chi connectivity index (χ2n) is 11.3. The predicted molar refractivity (Wildman–Crippen MR) is 184 cm³/mol. The third-order valence-electron chi connectivity index (χ3n) is 8.48. The minimum absolute atomic E-state index is 0.614. The number of aromatic nitrogens is 3. The van der Waals surface area contributed by atoms with Gasteiger partial charge in [0.15, 0.2) is 17.5 Å². The van der Waals surface area contributed by atoms with Crippen LogP contribution in [0, 0.1) is 0 Å². The van der Waals surface area contributed by atoms with E-state index in [1.54, 1.807) is 0 Å². The van der Waals surface area contributed by atoms with Gasteiger partial charge in [-0.05, 0) is 63.0 Å². The van der Waals surface area contributed by atoms with Crippen LogP contribution < -0.4 is 0 Å². The summed E-state index contributed by atoms with van der Waals surface area (Å²) >= 11 is 0. The fourth-order valence-electron chi connectivity index (χ4n) is 6.23. The lowest BCUT2D eigenvalue weighted by Crippen LogP contribution is -2.00. The molecule has 0 N–H and O–H groups in total. The van der Waals surface area contributed by atoms with E-state index in [0.717, 1.165) is 49.4 Å². The molecule has 0 radical (unpaired) electrons. The van der Waals surface area contributed by atoms with Crippen LogP contribution >= 0.6 is 0 Å². The van der Waals surface area contributed by atoms with Crippen molar-refractivity contribution in [2.75, 3.05) is 0 Å². The van der Waals surface area contributed by atoms with E-state index in [9.17, 15) is 0 Å². The van der Waals surface area contributed by atoms with Crippen LogP contribution in [0.1, 0.15) is 0 Å². The summed E-state index contributed by atoms with van der Waals surface area (Å²) in [6.07, 6.45) is 0. The molecule has 7 aromatic carbocycles. The van der Waals surface area contributed by atoms with E-state index in [2.05, 4.69) is 78.9 Å². The Morgan fingerprint density at radius 3 is 1.64 bits per heavy atom. The molecule has 0 saturated heterocycles. The average Bonchev–Trinajstić information content (AvgIpc) is 3.48. The fraction of sp³-hybridized carbons (Fsp3) is 0. The number of benzene rings is 7. The zero-order valence-corrected chi connectivity index (χ0v) is 24.2. The molecular weight excluding hydrogens is 550 g/mol. The highest BCUT2D eigenvalue weighted by Crippen LogP contribution is 2.39. The Morgan fingerprint density at radius 2 is 0.933 bits per heavy atom. The van der Waals surface area contributed by atoms with E-state index >= 15 is 0 Å². The van der Waals surface area contributed by atoms with Crippen LogP contribution in [-0.4, -0.2) is 15.0 Å². The van der Waals surface area contributed by atoms with Crippen molar-refractivity contribution in [1.29, 1.82) is 0 Å². The van der Waals surface area contributed by atoms with Gasteiger partial charge in [0.2, 0.25) is 0 Å². The maximum Gasteiger partial charge on any atom is 0.164 e. The first-order valence-electron chi connectivity index (χ1n) is 15.0. The van der Waals surface area contributed by atoms with Crippen LogP contribution in [0.4, 0.5) is 0 Å². The van der Waals surface area contributed by atoms with Crippen LogP contribution in [0.25, 0.3) is 88.8 Å².